The van der Waals surface area contributed by atoms with E-state index in [4.69, 9.17) is 11.6 Å². The molecule has 84 valence electrons. The molecule has 3 rings (SSSR count). The molecule has 0 amide bonds. The molecule has 0 aliphatic rings. The van der Waals surface area contributed by atoms with Crippen molar-refractivity contribution in [2.24, 2.45) is 0 Å². The van der Waals surface area contributed by atoms with Crippen molar-refractivity contribution >= 4 is 22.6 Å². The van der Waals surface area contributed by atoms with Gasteiger partial charge in [-0.25, -0.2) is 15.0 Å². The summed E-state index contributed by atoms with van der Waals surface area (Å²) in [6.45, 7) is 1.81. The van der Waals surface area contributed by atoms with E-state index >= 15 is 0 Å². The van der Waals surface area contributed by atoms with Crippen LogP contribution in [0, 0.1) is 6.92 Å². The van der Waals surface area contributed by atoms with Gasteiger partial charge >= 0.3 is 0 Å². The molecule has 17 heavy (non-hydrogen) atoms. The first-order valence-corrected chi connectivity index (χ1v) is 5.55. The van der Waals surface area contributed by atoms with Gasteiger partial charge in [0.1, 0.15) is 23.1 Å². The summed E-state index contributed by atoms with van der Waals surface area (Å²) in [5.74, 6) is 1.38. The first-order chi connectivity index (χ1) is 8.24. The molecule has 0 aliphatic heterocycles. The summed E-state index contributed by atoms with van der Waals surface area (Å²) in [6.07, 6.45) is 1.74. The maximum atomic E-state index is 5.93. The number of rotatable bonds is 1. The van der Waals surface area contributed by atoms with Crippen molar-refractivity contribution in [2.75, 3.05) is 0 Å². The Balaban J connectivity index is 2.27. The zero-order valence-electron chi connectivity index (χ0n) is 9.13. The normalized spacial score (nSPS) is 10.9. The lowest BCUT2D eigenvalue weighted by molar-refractivity contribution is 0.955. The molecule has 0 radical (unpaired) electrons. The van der Waals surface area contributed by atoms with Gasteiger partial charge in [0.2, 0.25) is 0 Å². The topological polar surface area (TPSA) is 43.6 Å². The van der Waals surface area contributed by atoms with Gasteiger partial charge in [0.25, 0.3) is 0 Å². The number of benzene rings is 1. The average Bonchev–Trinajstić information content (AvgIpc) is 2.71. The van der Waals surface area contributed by atoms with Crippen LogP contribution in [0.1, 0.15) is 5.82 Å². The molecular formula is C12H9ClN4. The summed E-state index contributed by atoms with van der Waals surface area (Å²) >= 11 is 5.93. The molecule has 0 spiro atoms. The van der Waals surface area contributed by atoms with E-state index in [2.05, 4.69) is 15.0 Å². The van der Waals surface area contributed by atoms with E-state index in [1.165, 1.54) is 0 Å². The third kappa shape index (κ3) is 1.76. The Morgan fingerprint density at radius 2 is 2.00 bits per heavy atom. The molecule has 0 aliphatic carbocycles. The van der Waals surface area contributed by atoms with Gasteiger partial charge < -0.3 is 0 Å². The zero-order valence-corrected chi connectivity index (χ0v) is 9.89. The molecule has 0 unspecified atom stereocenters. The lowest BCUT2D eigenvalue weighted by atomic mass is 10.3. The molecule has 0 saturated carbocycles. The van der Waals surface area contributed by atoms with E-state index in [0.29, 0.717) is 11.0 Å². The average molecular weight is 245 g/mol. The second-order valence-electron chi connectivity index (χ2n) is 3.70. The SMILES string of the molecule is Cc1nc(Cl)cc(-n2cnc3ccccc32)n1. The summed E-state index contributed by atoms with van der Waals surface area (Å²) in [4.78, 5) is 12.7. The van der Waals surface area contributed by atoms with E-state index in [-0.39, 0.29) is 0 Å². The Labute approximate surface area is 103 Å². The number of aryl methyl sites for hydroxylation is 1. The van der Waals surface area contributed by atoms with Crippen molar-refractivity contribution in [3.8, 4) is 5.82 Å². The molecule has 1 aromatic carbocycles. The quantitative estimate of drug-likeness (QED) is 0.618. The number of para-hydroxylation sites is 2. The molecule has 0 atom stereocenters. The first kappa shape index (κ1) is 10.2. The fourth-order valence-corrected chi connectivity index (χ4v) is 2.00. The van der Waals surface area contributed by atoms with Gasteiger partial charge in [0.15, 0.2) is 0 Å². The van der Waals surface area contributed by atoms with Crippen molar-refractivity contribution in [3.63, 3.8) is 0 Å². The molecule has 0 fully saturated rings. The predicted octanol–water partition coefficient (Wildman–Crippen LogP) is 2.78. The third-order valence-electron chi connectivity index (χ3n) is 2.49. The molecule has 0 saturated heterocycles. The van der Waals surface area contributed by atoms with Crippen molar-refractivity contribution in [1.82, 2.24) is 19.5 Å². The number of halogens is 1. The van der Waals surface area contributed by atoms with Crippen molar-refractivity contribution < 1.29 is 0 Å². The van der Waals surface area contributed by atoms with Crippen LogP contribution in [0.25, 0.3) is 16.9 Å². The molecule has 0 N–H and O–H groups in total. The highest BCUT2D eigenvalue weighted by Gasteiger charge is 2.06. The standard InChI is InChI=1S/C12H9ClN4/c1-8-15-11(13)6-12(16-8)17-7-14-9-4-2-3-5-10(9)17/h2-7H,1H3. The van der Waals surface area contributed by atoms with Crippen LogP contribution in [-0.4, -0.2) is 19.5 Å². The van der Waals surface area contributed by atoms with Gasteiger partial charge in [-0.2, -0.15) is 0 Å². The summed E-state index contributed by atoms with van der Waals surface area (Å²) in [5.41, 5.74) is 1.93. The largest absolute Gasteiger partial charge is 0.283 e. The van der Waals surface area contributed by atoms with Crippen LogP contribution < -0.4 is 0 Å². The summed E-state index contributed by atoms with van der Waals surface area (Å²) in [5, 5.41) is 0.435. The summed E-state index contributed by atoms with van der Waals surface area (Å²) < 4.78 is 1.90. The van der Waals surface area contributed by atoms with Gasteiger partial charge in [-0.1, -0.05) is 23.7 Å². The fourth-order valence-electron chi connectivity index (χ4n) is 1.78. The number of hydrogen-bond acceptors (Lipinski definition) is 3. The number of imidazole rings is 1. The minimum absolute atomic E-state index is 0.435. The number of nitrogens with zero attached hydrogens (tertiary/aromatic N) is 4. The first-order valence-electron chi connectivity index (χ1n) is 5.18. The van der Waals surface area contributed by atoms with Crippen LogP contribution in [0.3, 0.4) is 0 Å². The molecule has 2 heterocycles. The highest BCUT2D eigenvalue weighted by Crippen LogP contribution is 2.18. The van der Waals surface area contributed by atoms with Crippen LogP contribution in [-0.2, 0) is 0 Å². The molecule has 3 aromatic rings. The smallest absolute Gasteiger partial charge is 0.143 e. The van der Waals surface area contributed by atoms with Crippen LogP contribution in [0.15, 0.2) is 36.7 Å². The number of aromatic nitrogens is 4. The molecular weight excluding hydrogens is 236 g/mol. The summed E-state index contributed by atoms with van der Waals surface area (Å²) in [7, 11) is 0. The Morgan fingerprint density at radius 1 is 1.18 bits per heavy atom. The fraction of sp³-hybridized carbons (Fsp3) is 0.0833. The zero-order chi connectivity index (χ0) is 11.8. The second-order valence-corrected chi connectivity index (χ2v) is 4.09. The number of hydrogen-bond donors (Lipinski definition) is 0. The molecule has 2 aromatic heterocycles. The highest BCUT2D eigenvalue weighted by atomic mass is 35.5. The third-order valence-corrected chi connectivity index (χ3v) is 2.69. The van der Waals surface area contributed by atoms with Gasteiger partial charge in [-0.3, -0.25) is 4.57 Å². The van der Waals surface area contributed by atoms with Crippen molar-refractivity contribution in [1.29, 1.82) is 0 Å². The van der Waals surface area contributed by atoms with Gasteiger partial charge in [0.05, 0.1) is 11.0 Å². The summed E-state index contributed by atoms with van der Waals surface area (Å²) in [6, 6.07) is 9.60. The van der Waals surface area contributed by atoms with E-state index in [1.54, 1.807) is 12.4 Å². The Kier molecular flexibility index (Phi) is 2.30. The van der Waals surface area contributed by atoms with E-state index < -0.39 is 0 Å². The van der Waals surface area contributed by atoms with Crippen molar-refractivity contribution in [3.05, 3.63) is 47.6 Å². The minimum atomic E-state index is 0.435. The van der Waals surface area contributed by atoms with Gasteiger partial charge in [0, 0.05) is 6.07 Å². The molecule has 0 bridgehead atoms. The Hall–Kier alpha value is -1.94. The van der Waals surface area contributed by atoms with Gasteiger partial charge in [-0.15, -0.1) is 0 Å². The van der Waals surface area contributed by atoms with E-state index in [0.717, 1.165) is 16.9 Å². The maximum absolute atomic E-state index is 5.93. The Bertz CT molecular complexity index is 670. The Morgan fingerprint density at radius 3 is 2.82 bits per heavy atom. The van der Waals surface area contributed by atoms with Gasteiger partial charge in [-0.05, 0) is 19.1 Å². The van der Waals surface area contributed by atoms with Crippen molar-refractivity contribution in [2.45, 2.75) is 6.92 Å². The predicted molar refractivity (Wildman–Crippen MR) is 66.4 cm³/mol. The number of fused-ring (bicyclic) bond motifs is 1. The highest BCUT2D eigenvalue weighted by molar-refractivity contribution is 6.29. The lowest BCUT2D eigenvalue weighted by Crippen LogP contribution is -1.99. The van der Waals surface area contributed by atoms with Crippen LogP contribution >= 0.6 is 11.6 Å². The lowest BCUT2D eigenvalue weighted by Gasteiger charge is -2.04. The molecule has 5 heteroatoms. The van der Waals surface area contributed by atoms with E-state index in [9.17, 15) is 0 Å². The van der Waals surface area contributed by atoms with Crippen LogP contribution in [0.5, 0.6) is 0 Å². The maximum Gasteiger partial charge on any atom is 0.143 e. The van der Waals surface area contributed by atoms with Crippen LogP contribution in [0.4, 0.5) is 0 Å². The minimum Gasteiger partial charge on any atom is -0.283 e. The second kappa shape index (κ2) is 3.82. The molecule has 4 nitrogen and oxygen atoms in total. The van der Waals surface area contributed by atoms with E-state index in [1.807, 2.05) is 35.8 Å². The van der Waals surface area contributed by atoms with Crippen LogP contribution in [0.2, 0.25) is 5.15 Å². The monoisotopic (exact) mass is 244 g/mol.